The predicted octanol–water partition coefficient (Wildman–Crippen LogP) is 4.43. The van der Waals surface area contributed by atoms with Crippen LogP contribution in [0.1, 0.15) is 30.4 Å². The molecular formula is C18H20N4O2S2. The molecule has 1 saturated heterocycles. The Labute approximate surface area is 160 Å². The molecule has 1 aliphatic rings. The monoisotopic (exact) mass is 388 g/mol. The average molecular weight is 389 g/mol. The van der Waals surface area contributed by atoms with E-state index in [1.54, 1.807) is 17.1 Å². The number of hydrogen-bond donors (Lipinski definition) is 0. The van der Waals surface area contributed by atoms with Gasteiger partial charge < -0.3 is 4.42 Å². The first kappa shape index (κ1) is 18.6. The highest BCUT2D eigenvalue weighted by atomic mass is 32.2. The largest absolute Gasteiger partial charge is 0.462 e. The van der Waals surface area contributed by atoms with Crippen molar-refractivity contribution in [3.63, 3.8) is 0 Å². The zero-order valence-corrected chi connectivity index (χ0v) is 16.6. The SMILES string of the molecule is C=CCN1C(=O)/C(=C\c2ccc(C)o2)SC1=Nc1nnc(CC(C)C)s1. The van der Waals surface area contributed by atoms with Crippen molar-refractivity contribution >= 4 is 45.4 Å². The molecule has 0 aliphatic carbocycles. The lowest BCUT2D eigenvalue weighted by Gasteiger charge is -2.11. The second kappa shape index (κ2) is 8.01. The molecule has 0 bridgehead atoms. The fourth-order valence-corrected chi connectivity index (χ4v) is 4.29. The van der Waals surface area contributed by atoms with E-state index in [1.165, 1.54) is 23.1 Å². The quantitative estimate of drug-likeness (QED) is 0.541. The van der Waals surface area contributed by atoms with Crippen molar-refractivity contribution in [1.29, 1.82) is 0 Å². The van der Waals surface area contributed by atoms with E-state index < -0.39 is 0 Å². The summed E-state index contributed by atoms with van der Waals surface area (Å²) in [5, 5.41) is 10.4. The Balaban J connectivity index is 1.87. The Morgan fingerprint density at radius 1 is 1.38 bits per heavy atom. The molecule has 6 nitrogen and oxygen atoms in total. The van der Waals surface area contributed by atoms with Crippen molar-refractivity contribution in [1.82, 2.24) is 15.1 Å². The van der Waals surface area contributed by atoms with Gasteiger partial charge in [0.25, 0.3) is 5.91 Å². The Morgan fingerprint density at radius 2 is 2.19 bits per heavy atom. The number of aromatic nitrogens is 2. The second-order valence-corrected chi connectivity index (χ2v) is 8.28. The molecule has 2 aromatic heterocycles. The molecule has 8 heteroatoms. The number of amidine groups is 1. The molecule has 26 heavy (non-hydrogen) atoms. The zero-order valence-electron chi connectivity index (χ0n) is 14.9. The number of aliphatic imine (C=N–C) groups is 1. The van der Waals surface area contributed by atoms with E-state index >= 15 is 0 Å². The molecule has 1 aliphatic heterocycles. The van der Waals surface area contributed by atoms with Crippen molar-refractivity contribution < 1.29 is 9.21 Å². The molecule has 0 aromatic carbocycles. The summed E-state index contributed by atoms with van der Waals surface area (Å²) in [6.45, 7) is 10.3. The summed E-state index contributed by atoms with van der Waals surface area (Å²) in [6, 6.07) is 3.70. The van der Waals surface area contributed by atoms with Gasteiger partial charge in [-0.15, -0.1) is 16.8 Å². The summed E-state index contributed by atoms with van der Waals surface area (Å²) in [5.41, 5.74) is 0. The molecular weight excluding hydrogens is 368 g/mol. The Morgan fingerprint density at radius 3 is 2.85 bits per heavy atom. The van der Waals surface area contributed by atoms with E-state index in [4.69, 9.17) is 4.42 Å². The fraction of sp³-hybridized carbons (Fsp3) is 0.333. The van der Waals surface area contributed by atoms with E-state index in [2.05, 4.69) is 35.6 Å². The molecule has 2 aromatic rings. The van der Waals surface area contributed by atoms with Crippen molar-refractivity contribution in [3.05, 3.63) is 46.2 Å². The summed E-state index contributed by atoms with van der Waals surface area (Å²) >= 11 is 2.76. The van der Waals surface area contributed by atoms with Gasteiger partial charge in [0, 0.05) is 19.0 Å². The smallest absolute Gasteiger partial charge is 0.267 e. The molecule has 0 radical (unpaired) electrons. The number of carbonyl (C=O) groups excluding carboxylic acids is 1. The lowest BCUT2D eigenvalue weighted by atomic mass is 10.1. The molecule has 0 saturated carbocycles. The lowest BCUT2D eigenvalue weighted by Crippen LogP contribution is -2.29. The number of hydrogen-bond acceptors (Lipinski definition) is 7. The lowest BCUT2D eigenvalue weighted by molar-refractivity contribution is -0.121. The predicted molar refractivity (Wildman–Crippen MR) is 106 cm³/mol. The highest BCUT2D eigenvalue weighted by molar-refractivity contribution is 8.18. The van der Waals surface area contributed by atoms with E-state index in [0.29, 0.717) is 33.4 Å². The molecule has 0 N–H and O–H groups in total. The third-order valence-corrected chi connectivity index (χ3v) is 5.31. The van der Waals surface area contributed by atoms with Crippen LogP contribution in [0.15, 0.2) is 39.1 Å². The fourth-order valence-electron chi connectivity index (χ4n) is 2.35. The maximum Gasteiger partial charge on any atom is 0.267 e. The van der Waals surface area contributed by atoms with Gasteiger partial charge in [0.1, 0.15) is 16.5 Å². The molecule has 1 amide bonds. The van der Waals surface area contributed by atoms with Crippen molar-refractivity contribution in [2.45, 2.75) is 27.2 Å². The summed E-state index contributed by atoms with van der Waals surface area (Å²) in [4.78, 5) is 19.4. The molecule has 0 spiro atoms. The Bertz CT molecular complexity index is 879. The maximum atomic E-state index is 12.7. The second-order valence-electron chi connectivity index (χ2n) is 6.23. The van der Waals surface area contributed by atoms with Crippen LogP contribution < -0.4 is 0 Å². The van der Waals surface area contributed by atoms with Crippen LogP contribution in [0.5, 0.6) is 0 Å². The van der Waals surface area contributed by atoms with Crippen LogP contribution in [0.2, 0.25) is 0 Å². The van der Waals surface area contributed by atoms with Crippen LogP contribution in [-0.4, -0.2) is 32.7 Å². The van der Waals surface area contributed by atoms with Gasteiger partial charge in [0.05, 0.1) is 4.91 Å². The summed E-state index contributed by atoms with van der Waals surface area (Å²) in [6.07, 6.45) is 4.29. The molecule has 136 valence electrons. The van der Waals surface area contributed by atoms with Gasteiger partial charge in [-0.1, -0.05) is 31.3 Å². The number of rotatable bonds is 6. The third kappa shape index (κ3) is 4.31. The standard InChI is InChI=1S/C18H20N4O2S2/c1-5-8-22-16(23)14(10-13-7-6-12(4)24-13)25-18(22)19-17-21-20-15(26-17)9-11(2)3/h5-7,10-11H,1,8-9H2,2-4H3/b14-10+,19-18?. The average Bonchev–Trinajstić information content (AvgIpc) is 3.25. The minimum absolute atomic E-state index is 0.116. The van der Waals surface area contributed by atoms with Gasteiger partial charge in [0.2, 0.25) is 5.13 Å². The number of furan rings is 1. The molecule has 0 atom stereocenters. The number of nitrogens with zero attached hydrogens (tertiary/aromatic N) is 4. The number of aryl methyl sites for hydroxylation is 1. The van der Waals surface area contributed by atoms with Crippen molar-refractivity contribution in [2.24, 2.45) is 10.9 Å². The van der Waals surface area contributed by atoms with Crippen LogP contribution in [0, 0.1) is 12.8 Å². The van der Waals surface area contributed by atoms with Crippen LogP contribution in [0.25, 0.3) is 6.08 Å². The van der Waals surface area contributed by atoms with Crippen molar-refractivity contribution in [2.75, 3.05) is 6.54 Å². The molecule has 3 heterocycles. The minimum Gasteiger partial charge on any atom is -0.462 e. The first-order valence-electron chi connectivity index (χ1n) is 8.26. The molecule has 1 fully saturated rings. The first-order valence-corrected chi connectivity index (χ1v) is 9.89. The van der Waals surface area contributed by atoms with Crippen LogP contribution >= 0.6 is 23.1 Å². The van der Waals surface area contributed by atoms with Gasteiger partial charge in [-0.3, -0.25) is 9.69 Å². The number of amides is 1. The highest BCUT2D eigenvalue weighted by Gasteiger charge is 2.33. The van der Waals surface area contributed by atoms with Crippen LogP contribution in [0.3, 0.4) is 0 Å². The maximum absolute atomic E-state index is 12.7. The molecule has 0 unspecified atom stereocenters. The normalized spacial score (nSPS) is 17.8. The Hall–Kier alpha value is -2.19. The number of thioether (sulfide) groups is 1. The molecule has 3 rings (SSSR count). The Kier molecular flexibility index (Phi) is 5.73. The highest BCUT2D eigenvalue weighted by Crippen LogP contribution is 2.35. The van der Waals surface area contributed by atoms with E-state index in [0.717, 1.165) is 17.2 Å². The van der Waals surface area contributed by atoms with Gasteiger partial charge in [-0.05, 0) is 36.7 Å². The van der Waals surface area contributed by atoms with Crippen LogP contribution in [-0.2, 0) is 11.2 Å². The van der Waals surface area contributed by atoms with Gasteiger partial charge in [-0.2, -0.15) is 4.99 Å². The van der Waals surface area contributed by atoms with Crippen molar-refractivity contribution in [3.8, 4) is 0 Å². The summed E-state index contributed by atoms with van der Waals surface area (Å²) in [7, 11) is 0. The van der Waals surface area contributed by atoms with E-state index in [1.807, 2.05) is 19.1 Å². The van der Waals surface area contributed by atoms with E-state index in [9.17, 15) is 4.79 Å². The van der Waals surface area contributed by atoms with Crippen LogP contribution in [0.4, 0.5) is 5.13 Å². The van der Waals surface area contributed by atoms with E-state index in [-0.39, 0.29) is 5.91 Å². The number of carbonyl (C=O) groups is 1. The van der Waals surface area contributed by atoms with Gasteiger partial charge in [-0.25, -0.2) is 0 Å². The van der Waals surface area contributed by atoms with Gasteiger partial charge in [0.15, 0.2) is 5.17 Å². The minimum atomic E-state index is -0.116. The summed E-state index contributed by atoms with van der Waals surface area (Å²) < 4.78 is 5.54. The first-order chi connectivity index (χ1) is 12.5. The summed E-state index contributed by atoms with van der Waals surface area (Å²) in [5.74, 6) is 1.84. The third-order valence-electron chi connectivity index (χ3n) is 3.46. The van der Waals surface area contributed by atoms with Gasteiger partial charge >= 0.3 is 0 Å². The zero-order chi connectivity index (χ0) is 18.7. The topological polar surface area (TPSA) is 71.6 Å².